The number of sulfonamides is 1. The summed E-state index contributed by atoms with van der Waals surface area (Å²) in [4.78, 5) is 0.123. The Balaban J connectivity index is 1.82. The minimum atomic E-state index is -4.69. The van der Waals surface area contributed by atoms with Crippen molar-refractivity contribution >= 4 is 39.1 Å². The molecule has 0 amide bonds. The van der Waals surface area contributed by atoms with Gasteiger partial charge in [-0.1, -0.05) is 11.6 Å². The van der Waals surface area contributed by atoms with Crippen molar-refractivity contribution in [2.24, 2.45) is 7.05 Å². The normalized spacial score (nSPS) is 12.2. The van der Waals surface area contributed by atoms with Crippen molar-refractivity contribution in [2.45, 2.75) is 21.1 Å². The van der Waals surface area contributed by atoms with Gasteiger partial charge in [0.1, 0.15) is 11.2 Å². The van der Waals surface area contributed by atoms with Gasteiger partial charge in [0.25, 0.3) is 10.0 Å². The van der Waals surface area contributed by atoms with Crippen molar-refractivity contribution in [3.63, 3.8) is 0 Å². The zero-order chi connectivity index (χ0) is 20.5. The molecule has 0 bridgehead atoms. The molecule has 148 valence electrons. The first kappa shape index (κ1) is 20.5. The second-order valence-corrected chi connectivity index (χ2v) is 8.70. The maximum Gasteiger partial charge on any atom is 0.416 e. The van der Waals surface area contributed by atoms with Crippen LogP contribution >= 0.6 is 23.4 Å². The number of rotatable bonds is 5. The molecule has 0 aliphatic rings. The molecule has 0 unspecified atom stereocenters. The van der Waals surface area contributed by atoms with E-state index in [9.17, 15) is 21.6 Å². The summed E-state index contributed by atoms with van der Waals surface area (Å²) in [6.07, 6.45) is -3.14. The molecule has 3 rings (SSSR count). The fourth-order valence-corrected chi connectivity index (χ4v) is 4.50. The Morgan fingerprint density at radius 3 is 2.39 bits per heavy atom. The molecule has 0 aliphatic carbocycles. The number of alkyl halides is 3. The topological polar surface area (TPSA) is 76.9 Å². The van der Waals surface area contributed by atoms with Crippen LogP contribution in [-0.4, -0.2) is 23.2 Å². The molecule has 0 fully saturated rings. The first-order chi connectivity index (χ1) is 13.1. The highest BCUT2D eigenvalue weighted by Gasteiger charge is 2.32. The third-order valence-electron chi connectivity index (χ3n) is 3.53. The standard InChI is InChI=1S/C16H12ClF3N4O2S2/c1-24-9-21-22-15(24)27-12-5-3-11(4-6-12)23-28(25,26)14-8-10(16(18,19)20)2-7-13(14)17/h2-9,23H,1H3. The Morgan fingerprint density at radius 2 is 1.82 bits per heavy atom. The Kier molecular flexibility index (Phi) is 5.60. The van der Waals surface area contributed by atoms with Crippen molar-refractivity contribution in [1.82, 2.24) is 14.8 Å². The van der Waals surface area contributed by atoms with E-state index >= 15 is 0 Å². The van der Waals surface area contributed by atoms with Crippen LogP contribution in [-0.2, 0) is 23.2 Å². The second-order valence-electron chi connectivity index (χ2n) is 5.60. The summed E-state index contributed by atoms with van der Waals surface area (Å²) in [5.74, 6) is 0. The number of benzene rings is 2. The van der Waals surface area contributed by atoms with Crippen molar-refractivity contribution < 1.29 is 21.6 Å². The number of halogens is 4. The second kappa shape index (κ2) is 7.64. The van der Waals surface area contributed by atoms with Crippen LogP contribution in [0.1, 0.15) is 5.56 Å². The number of aromatic nitrogens is 3. The van der Waals surface area contributed by atoms with Gasteiger partial charge in [0.15, 0.2) is 5.16 Å². The zero-order valence-corrected chi connectivity index (χ0v) is 16.5. The van der Waals surface area contributed by atoms with Gasteiger partial charge in [0, 0.05) is 17.6 Å². The quantitative estimate of drug-likeness (QED) is 0.624. The number of nitrogens with zero attached hydrogens (tertiary/aromatic N) is 3. The lowest BCUT2D eigenvalue weighted by Crippen LogP contribution is -2.15. The van der Waals surface area contributed by atoms with E-state index in [1.165, 1.54) is 23.9 Å². The van der Waals surface area contributed by atoms with Gasteiger partial charge in [0.05, 0.1) is 10.6 Å². The van der Waals surface area contributed by atoms with E-state index in [1.54, 1.807) is 30.1 Å². The highest BCUT2D eigenvalue weighted by Crippen LogP contribution is 2.34. The van der Waals surface area contributed by atoms with Gasteiger partial charge in [-0.05, 0) is 54.2 Å². The molecule has 0 saturated heterocycles. The summed E-state index contributed by atoms with van der Waals surface area (Å²) >= 11 is 7.13. The smallest absolute Gasteiger partial charge is 0.311 e. The molecular weight excluding hydrogens is 437 g/mol. The summed E-state index contributed by atoms with van der Waals surface area (Å²) in [6, 6.07) is 8.38. The molecule has 1 N–H and O–H groups in total. The highest BCUT2D eigenvalue weighted by atomic mass is 35.5. The average molecular weight is 449 g/mol. The number of nitrogens with one attached hydrogen (secondary N) is 1. The molecule has 0 aliphatic heterocycles. The maximum absolute atomic E-state index is 12.9. The molecule has 6 nitrogen and oxygen atoms in total. The largest absolute Gasteiger partial charge is 0.416 e. The third-order valence-corrected chi connectivity index (χ3v) is 6.46. The van der Waals surface area contributed by atoms with E-state index in [4.69, 9.17) is 11.6 Å². The third kappa shape index (κ3) is 4.59. The number of hydrogen-bond donors (Lipinski definition) is 1. The summed E-state index contributed by atoms with van der Waals surface area (Å²) in [5, 5.41) is 8.02. The molecule has 2 aromatic carbocycles. The van der Waals surface area contributed by atoms with E-state index in [0.717, 1.165) is 17.0 Å². The minimum Gasteiger partial charge on any atom is -0.311 e. The predicted octanol–water partition coefficient (Wildman–Crippen LogP) is 4.44. The van der Waals surface area contributed by atoms with Gasteiger partial charge < -0.3 is 4.57 Å². The molecule has 0 atom stereocenters. The van der Waals surface area contributed by atoms with Gasteiger partial charge in [-0.2, -0.15) is 13.2 Å². The molecule has 1 aromatic heterocycles. The van der Waals surface area contributed by atoms with E-state index in [2.05, 4.69) is 14.9 Å². The molecule has 0 saturated carbocycles. The van der Waals surface area contributed by atoms with Gasteiger partial charge in [0.2, 0.25) is 0 Å². The van der Waals surface area contributed by atoms with Crippen LogP contribution in [0.15, 0.2) is 63.7 Å². The summed E-state index contributed by atoms with van der Waals surface area (Å²) < 4.78 is 67.6. The SMILES string of the molecule is Cn1cnnc1Sc1ccc(NS(=O)(=O)c2cc(C(F)(F)F)ccc2Cl)cc1. The molecule has 28 heavy (non-hydrogen) atoms. The van der Waals surface area contributed by atoms with Crippen molar-refractivity contribution in [1.29, 1.82) is 0 Å². The van der Waals surface area contributed by atoms with Gasteiger partial charge in [-0.3, -0.25) is 4.72 Å². The van der Waals surface area contributed by atoms with Crippen LogP contribution in [0.3, 0.4) is 0 Å². The monoisotopic (exact) mass is 448 g/mol. The predicted molar refractivity (Wildman–Crippen MR) is 98.8 cm³/mol. The van der Waals surface area contributed by atoms with Crippen LogP contribution in [0, 0.1) is 0 Å². The van der Waals surface area contributed by atoms with E-state index < -0.39 is 26.7 Å². The lowest BCUT2D eigenvalue weighted by atomic mass is 10.2. The van der Waals surface area contributed by atoms with Crippen LogP contribution in [0.25, 0.3) is 0 Å². The van der Waals surface area contributed by atoms with E-state index in [0.29, 0.717) is 11.2 Å². The Bertz CT molecular complexity index is 1100. The highest BCUT2D eigenvalue weighted by molar-refractivity contribution is 7.99. The zero-order valence-electron chi connectivity index (χ0n) is 14.1. The van der Waals surface area contributed by atoms with Gasteiger partial charge in [-0.25, -0.2) is 8.42 Å². The summed E-state index contributed by atoms with van der Waals surface area (Å²) in [6.45, 7) is 0. The molecular formula is C16H12ClF3N4O2S2. The van der Waals surface area contributed by atoms with Crippen molar-refractivity contribution in [2.75, 3.05) is 4.72 Å². The molecule has 0 spiro atoms. The number of aryl methyl sites for hydroxylation is 1. The maximum atomic E-state index is 12.9. The van der Waals surface area contributed by atoms with Crippen LogP contribution < -0.4 is 4.72 Å². The summed E-state index contributed by atoms with van der Waals surface area (Å²) in [5.41, 5.74) is -0.927. The van der Waals surface area contributed by atoms with E-state index in [-0.39, 0.29) is 10.7 Å². The molecule has 12 heteroatoms. The molecule has 1 heterocycles. The summed E-state index contributed by atoms with van der Waals surface area (Å²) in [7, 11) is -2.53. The van der Waals surface area contributed by atoms with Crippen LogP contribution in [0.4, 0.5) is 18.9 Å². The fourth-order valence-electron chi connectivity index (χ4n) is 2.16. The minimum absolute atomic E-state index is 0.177. The van der Waals surface area contributed by atoms with Crippen molar-refractivity contribution in [3.8, 4) is 0 Å². The Morgan fingerprint density at radius 1 is 1.14 bits per heavy atom. The van der Waals surface area contributed by atoms with Crippen LogP contribution in [0.5, 0.6) is 0 Å². The lowest BCUT2D eigenvalue weighted by Gasteiger charge is -2.13. The number of hydrogen-bond acceptors (Lipinski definition) is 5. The Labute approximate surface area is 167 Å². The number of anilines is 1. The average Bonchev–Trinajstić information content (AvgIpc) is 3.00. The van der Waals surface area contributed by atoms with Gasteiger partial charge in [-0.15, -0.1) is 10.2 Å². The fraction of sp³-hybridized carbons (Fsp3) is 0.125. The van der Waals surface area contributed by atoms with Gasteiger partial charge >= 0.3 is 6.18 Å². The molecule has 3 aromatic rings. The van der Waals surface area contributed by atoms with Crippen LogP contribution in [0.2, 0.25) is 5.02 Å². The van der Waals surface area contributed by atoms with E-state index in [1.807, 2.05) is 0 Å². The first-order valence-electron chi connectivity index (χ1n) is 7.58. The lowest BCUT2D eigenvalue weighted by molar-refractivity contribution is -0.137. The first-order valence-corrected chi connectivity index (χ1v) is 10.3. The molecule has 0 radical (unpaired) electrons. The Hall–Kier alpha value is -2.24. The van der Waals surface area contributed by atoms with Crippen molar-refractivity contribution in [3.05, 3.63) is 59.4 Å².